The summed E-state index contributed by atoms with van der Waals surface area (Å²) < 4.78 is 2.10. The standard InChI is InChI=1S/C17H18N2O2S/c1-10(20)9-12-13-6-4-8-19(13)17-15(16(21)18-12)11-5-2-3-7-14(11)22-17/h4,6,8,12H,2-3,5,7,9H2,1H3,(H,18,21)/t12-/m0/s1. The summed E-state index contributed by atoms with van der Waals surface area (Å²) in [5.41, 5.74) is 3.07. The fourth-order valence-corrected chi connectivity index (χ4v) is 4.96. The van der Waals surface area contributed by atoms with Crippen LogP contribution in [0.3, 0.4) is 0 Å². The van der Waals surface area contributed by atoms with E-state index in [1.165, 1.54) is 16.9 Å². The molecule has 5 heteroatoms. The van der Waals surface area contributed by atoms with Gasteiger partial charge in [0.15, 0.2) is 0 Å². The molecule has 1 atom stereocenters. The average Bonchev–Trinajstić information content (AvgIpc) is 3.07. The summed E-state index contributed by atoms with van der Waals surface area (Å²) in [5, 5.41) is 4.09. The Labute approximate surface area is 133 Å². The maximum Gasteiger partial charge on any atom is 0.255 e. The summed E-state index contributed by atoms with van der Waals surface area (Å²) in [4.78, 5) is 25.7. The van der Waals surface area contributed by atoms with Gasteiger partial charge in [-0.25, -0.2) is 0 Å². The number of rotatable bonds is 2. The number of carbonyl (C=O) groups is 2. The maximum atomic E-state index is 12.8. The van der Waals surface area contributed by atoms with Gasteiger partial charge in [0.25, 0.3) is 5.91 Å². The molecule has 22 heavy (non-hydrogen) atoms. The lowest BCUT2D eigenvalue weighted by molar-refractivity contribution is -0.117. The van der Waals surface area contributed by atoms with E-state index in [2.05, 4.69) is 9.88 Å². The Morgan fingerprint density at radius 1 is 1.41 bits per heavy atom. The summed E-state index contributed by atoms with van der Waals surface area (Å²) in [6, 6.07) is 3.75. The summed E-state index contributed by atoms with van der Waals surface area (Å²) >= 11 is 1.74. The molecule has 0 fully saturated rings. The number of Topliss-reactive ketones (excluding diaryl/α,β-unsaturated/α-hetero) is 1. The minimum atomic E-state index is -0.237. The molecule has 0 radical (unpaired) electrons. The number of hydrogen-bond donors (Lipinski definition) is 1. The van der Waals surface area contributed by atoms with E-state index in [1.54, 1.807) is 18.3 Å². The molecule has 2 aromatic heterocycles. The second-order valence-electron chi connectivity index (χ2n) is 6.13. The van der Waals surface area contributed by atoms with Gasteiger partial charge in [0.05, 0.1) is 11.6 Å². The lowest BCUT2D eigenvalue weighted by Gasteiger charge is -2.17. The van der Waals surface area contributed by atoms with Gasteiger partial charge < -0.3 is 9.88 Å². The summed E-state index contributed by atoms with van der Waals surface area (Å²) in [6.45, 7) is 1.57. The number of aromatic nitrogens is 1. The van der Waals surface area contributed by atoms with Gasteiger partial charge in [-0.2, -0.15) is 0 Å². The van der Waals surface area contributed by atoms with E-state index in [0.717, 1.165) is 35.5 Å². The van der Waals surface area contributed by atoms with Crippen molar-refractivity contribution < 1.29 is 9.59 Å². The Bertz CT molecular complexity index is 772. The van der Waals surface area contributed by atoms with Crippen LogP contribution < -0.4 is 5.32 Å². The van der Waals surface area contributed by atoms with Crippen LogP contribution in [0.15, 0.2) is 18.3 Å². The highest BCUT2D eigenvalue weighted by molar-refractivity contribution is 7.15. The fourth-order valence-electron chi connectivity index (χ4n) is 3.57. The number of carbonyl (C=O) groups excluding carboxylic acids is 2. The topological polar surface area (TPSA) is 51.1 Å². The zero-order chi connectivity index (χ0) is 15.3. The second kappa shape index (κ2) is 5.09. The first-order valence-electron chi connectivity index (χ1n) is 7.77. The Kier molecular flexibility index (Phi) is 3.18. The molecule has 0 bridgehead atoms. The van der Waals surface area contributed by atoms with Gasteiger partial charge in [-0.3, -0.25) is 9.59 Å². The Balaban J connectivity index is 1.89. The first-order chi connectivity index (χ1) is 10.6. The third kappa shape index (κ3) is 2.03. The monoisotopic (exact) mass is 314 g/mol. The van der Waals surface area contributed by atoms with Crippen molar-refractivity contribution in [3.63, 3.8) is 0 Å². The van der Waals surface area contributed by atoms with Crippen LogP contribution in [0.1, 0.15) is 58.7 Å². The molecule has 0 unspecified atom stereocenters. The van der Waals surface area contributed by atoms with Gasteiger partial charge in [-0.15, -0.1) is 11.3 Å². The maximum absolute atomic E-state index is 12.8. The van der Waals surface area contributed by atoms with Gasteiger partial charge in [0.2, 0.25) is 0 Å². The predicted molar refractivity (Wildman–Crippen MR) is 85.8 cm³/mol. The first-order valence-corrected chi connectivity index (χ1v) is 8.59. The Hall–Kier alpha value is -1.88. The van der Waals surface area contributed by atoms with Crippen LogP contribution in [0.5, 0.6) is 0 Å². The molecule has 0 saturated heterocycles. The molecule has 1 aliphatic carbocycles. The molecule has 4 nitrogen and oxygen atoms in total. The molecule has 1 N–H and O–H groups in total. The number of nitrogens with zero attached hydrogens (tertiary/aromatic N) is 1. The highest BCUT2D eigenvalue weighted by atomic mass is 32.1. The number of hydrogen-bond acceptors (Lipinski definition) is 3. The van der Waals surface area contributed by atoms with Crippen molar-refractivity contribution in [3.8, 4) is 5.00 Å². The van der Waals surface area contributed by atoms with Crippen LogP contribution in [0.2, 0.25) is 0 Å². The largest absolute Gasteiger partial charge is 0.343 e. The van der Waals surface area contributed by atoms with Crippen LogP contribution >= 0.6 is 11.3 Å². The third-order valence-corrected chi connectivity index (χ3v) is 5.82. The van der Waals surface area contributed by atoms with Gasteiger partial charge in [-0.05, 0) is 50.3 Å². The number of fused-ring (bicyclic) bond motifs is 5. The smallest absolute Gasteiger partial charge is 0.255 e. The van der Waals surface area contributed by atoms with Gasteiger partial charge in [-0.1, -0.05) is 0 Å². The van der Waals surface area contributed by atoms with E-state index < -0.39 is 0 Å². The third-order valence-electron chi connectivity index (χ3n) is 4.53. The molecule has 3 heterocycles. The molecule has 2 aliphatic rings. The molecule has 0 saturated carbocycles. The zero-order valence-corrected chi connectivity index (χ0v) is 13.3. The zero-order valence-electron chi connectivity index (χ0n) is 12.5. The minimum Gasteiger partial charge on any atom is -0.343 e. The first kappa shape index (κ1) is 13.8. The van der Waals surface area contributed by atoms with E-state index in [4.69, 9.17) is 0 Å². The summed E-state index contributed by atoms with van der Waals surface area (Å²) in [5.74, 6) is 0.0645. The van der Waals surface area contributed by atoms with Crippen molar-refractivity contribution in [1.82, 2.24) is 9.88 Å². The van der Waals surface area contributed by atoms with Crippen molar-refractivity contribution in [3.05, 3.63) is 40.0 Å². The second-order valence-corrected chi connectivity index (χ2v) is 7.21. The molecule has 0 aromatic carbocycles. The minimum absolute atomic E-state index is 0.0238. The Morgan fingerprint density at radius 2 is 2.23 bits per heavy atom. The fraction of sp³-hybridized carbons (Fsp3) is 0.412. The van der Waals surface area contributed by atoms with E-state index in [-0.39, 0.29) is 17.7 Å². The number of thiophene rings is 1. The van der Waals surface area contributed by atoms with Crippen LogP contribution in [-0.2, 0) is 17.6 Å². The number of nitrogens with one attached hydrogen (secondary N) is 1. The van der Waals surface area contributed by atoms with Gasteiger partial charge in [0, 0.05) is 23.2 Å². The number of aryl methyl sites for hydroxylation is 1. The molecule has 114 valence electrons. The van der Waals surface area contributed by atoms with E-state index in [1.807, 2.05) is 18.3 Å². The normalized spacial score (nSPS) is 19.7. The van der Waals surface area contributed by atoms with E-state index in [9.17, 15) is 9.59 Å². The van der Waals surface area contributed by atoms with Crippen molar-refractivity contribution >= 4 is 23.0 Å². The summed E-state index contributed by atoms with van der Waals surface area (Å²) in [7, 11) is 0. The van der Waals surface area contributed by atoms with Crippen LogP contribution in [-0.4, -0.2) is 16.3 Å². The van der Waals surface area contributed by atoms with Crippen molar-refractivity contribution in [2.75, 3.05) is 0 Å². The van der Waals surface area contributed by atoms with Crippen molar-refractivity contribution in [2.24, 2.45) is 0 Å². The van der Waals surface area contributed by atoms with Crippen LogP contribution in [0.4, 0.5) is 0 Å². The highest BCUT2D eigenvalue weighted by Gasteiger charge is 2.32. The lowest BCUT2D eigenvalue weighted by atomic mass is 9.95. The van der Waals surface area contributed by atoms with Crippen molar-refractivity contribution in [1.29, 1.82) is 0 Å². The van der Waals surface area contributed by atoms with Crippen LogP contribution in [0, 0.1) is 0 Å². The van der Waals surface area contributed by atoms with E-state index >= 15 is 0 Å². The quantitative estimate of drug-likeness (QED) is 0.925. The molecule has 0 spiro atoms. The van der Waals surface area contributed by atoms with E-state index in [0.29, 0.717) is 6.42 Å². The van der Waals surface area contributed by atoms with Crippen molar-refractivity contribution in [2.45, 2.75) is 45.1 Å². The predicted octanol–water partition coefficient (Wildman–Crippen LogP) is 3.18. The molecular weight excluding hydrogens is 296 g/mol. The Morgan fingerprint density at radius 3 is 3.05 bits per heavy atom. The number of ketones is 1. The summed E-state index contributed by atoms with van der Waals surface area (Å²) in [6.07, 6.45) is 6.77. The van der Waals surface area contributed by atoms with Gasteiger partial charge >= 0.3 is 0 Å². The molecule has 1 amide bonds. The molecule has 4 rings (SSSR count). The SMILES string of the molecule is CC(=O)C[C@@H]1NC(=O)c2c(sc3c2CCCC3)-n2cccc21. The van der Waals surface area contributed by atoms with Gasteiger partial charge in [0.1, 0.15) is 10.8 Å². The molecule has 2 aromatic rings. The molecular formula is C17H18N2O2S. The average molecular weight is 314 g/mol. The lowest BCUT2D eigenvalue weighted by Crippen LogP contribution is -2.29. The highest BCUT2D eigenvalue weighted by Crippen LogP contribution is 2.40. The molecule has 1 aliphatic heterocycles. The van der Waals surface area contributed by atoms with Crippen LogP contribution in [0.25, 0.3) is 5.00 Å². The number of amides is 1.